The molecule has 7 heteroatoms. The molecule has 2 amide bonds. The molecule has 2 aliphatic heterocycles. The quantitative estimate of drug-likeness (QED) is 0.194. The molecule has 0 saturated carbocycles. The number of para-hydroxylation sites is 4. The van der Waals surface area contributed by atoms with Crippen LogP contribution >= 0.6 is 11.6 Å². The summed E-state index contributed by atoms with van der Waals surface area (Å²) in [5.41, 5.74) is 3.25. The van der Waals surface area contributed by atoms with Crippen molar-refractivity contribution < 1.29 is 19.2 Å². The van der Waals surface area contributed by atoms with Crippen molar-refractivity contribution in [3.05, 3.63) is 155 Å². The van der Waals surface area contributed by atoms with Gasteiger partial charge in [0.05, 0.1) is 11.4 Å². The van der Waals surface area contributed by atoms with Crippen molar-refractivity contribution in [1.82, 2.24) is 0 Å². The van der Waals surface area contributed by atoms with Crippen molar-refractivity contribution in [2.24, 2.45) is 11.8 Å². The lowest BCUT2D eigenvalue weighted by Gasteiger charge is -2.41. The number of carbonyl (C=O) groups is 4. The third-order valence-electron chi connectivity index (χ3n) is 8.36. The Labute approximate surface area is 259 Å². The third-order valence-corrected chi connectivity index (χ3v) is 8.61. The maximum Gasteiger partial charge on any atom is 0.243 e. The second-order valence-electron chi connectivity index (χ2n) is 10.8. The first-order valence-electron chi connectivity index (χ1n) is 14.3. The van der Waals surface area contributed by atoms with Crippen LogP contribution in [0.4, 0.5) is 22.7 Å². The maximum atomic E-state index is 14.7. The molecule has 0 saturated heterocycles. The van der Waals surface area contributed by atoms with Crippen molar-refractivity contribution in [1.29, 1.82) is 0 Å². The van der Waals surface area contributed by atoms with Crippen molar-refractivity contribution in [3.8, 4) is 0 Å². The summed E-state index contributed by atoms with van der Waals surface area (Å²) in [6.45, 7) is 0. The van der Waals surface area contributed by atoms with Gasteiger partial charge in [-0.15, -0.1) is 0 Å². The van der Waals surface area contributed by atoms with Gasteiger partial charge < -0.3 is 0 Å². The van der Waals surface area contributed by atoms with Crippen molar-refractivity contribution in [2.75, 3.05) is 9.80 Å². The maximum absolute atomic E-state index is 14.7. The standard InChI is InChI=1S/C37H25ClN2O4/c38-24-21-19-23(20-22-24)31(32-34(41)27-15-7-9-17-29(27)39(36(32)43)25-11-3-1-4-12-25)33-35(42)28-16-8-10-18-30(28)40(37(33)44)26-13-5-2-6-14-26/h1-22,31-33H/t31?,32-,33+. The van der Waals surface area contributed by atoms with Crippen LogP contribution < -0.4 is 9.80 Å². The van der Waals surface area contributed by atoms with Crippen LogP contribution in [0, 0.1) is 11.8 Å². The molecule has 0 aliphatic carbocycles. The summed E-state index contributed by atoms with van der Waals surface area (Å²) in [6, 6.07) is 38.7. The fourth-order valence-corrected chi connectivity index (χ4v) is 6.54. The number of amides is 2. The van der Waals surface area contributed by atoms with Crippen LogP contribution in [-0.2, 0) is 9.59 Å². The highest BCUT2D eigenvalue weighted by Gasteiger charge is 2.53. The average molecular weight is 597 g/mol. The Bertz CT molecular complexity index is 1810. The van der Waals surface area contributed by atoms with Crippen LogP contribution in [0.25, 0.3) is 0 Å². The summed E-state index contributed by atoms with van der Waals surface area (Å²) in [6.07, 6.45) is 0. The smallest absolute Gasteiger partial charge is 0.243 e. The van der Waals surface area contributed by atoms with Crippen molar-refractivity contribution in [3.63, 3.8) is 0 Å². The SMILES string of the molecule is O=C1c2ccccc2N(c2ccccc2)C(=O)[C@@H]1C(c1ccc(Cl)cc1)[C@H]1C(=O)c2ccccc2N(c2ccccc2)C1=O. The molecule has 5 aromatic rings. The lowest BCUT2D eigenvalue weighted by molar-refractivity contribution is -0.123. The molecular formula is C37H25ClN2O4. The number of nitrogens with zero attached hydrogens (tertiary/aromatic N) is 2. The molecule has 0 fully saturated rings. The minimum absolute atomic E-state index is 0.343. The molecular weight excluding hydrogens is 572 g/mol. The van der Waals surface area contributed by atoms with Gasteiger partial charge in [-0.3, -0.25) is 29.0 Å². The Morgan fingerprint density at radius 1 is 0.477 bits per heavy atom. The number of hydrogen-bond donors (Lipinski definition) is 0. The first-order chi connectivity index (χ1) is 21.5. The van der Waals surface area contributed by atoms with Crippen LogP contribution in [-0.4, -0.2) is 23.4 Å². The Morgan fingerprint density at radius 2 is 0.864 bits per heavy atom. The summed E-state index contributed by atoms with van der Waals surface area (Å²) in [7, 11) is 0. The van der Waals surface area contributed by atoms with Gasteiger partial charge in [0, 0.05) is 33.4 Å². The zero-order valence-corrected chi connectivity index (χ0v) is 24.1. The molecule has 2 aliphatic rings. The highest BCUT2D eigenvalue weighted by Crippen LogP contribution is 2.48. The first kappa shape index (κ1) is 27.5. The number of fused-ring (bicyclic) bond motifs is 2. The van der Waals surface area contributed by atoms with Gasteiger partial charge >= 0.3 is 0 Å². The van der Waals surface area contributed by atoms with Gasteiger partial charge in [0.1, 0.15) is 11.8 Å². The summed E-state index contributed by atoms with van der Waals surface area (Å²) in [5, 5.41) is 0.447. The minimum atomic E-state index is -1.37. The topological polar surface area (TPSA) is 74.8 Å². The van der Waals surface area contributed by atoms with Gasteiger partial charge in [0.25, 0.3) is 0 Å². The Kier molecular flexibility index (Phi) is 6.91. The molecule has 6 nitrogen and oxygen atoms in total. The molecule has 0 radical (unpaired) electrons. The number of carbonyl (C=O) groups excluding carboxylic acids is 4. The number of ketones is 2. The highest BCUT2D eigenvalue weighted by atomic mass is 35.5. The number of Topliss-reactive ketones (excluding diaryl/α,β-unsaturated/α-hetero) is 2. The molecule has 5 aromatic carbocycles. The minimum Gasteiger partial charge on any atom is -0.293 e. The summed E-state index contributed by atoms with van der Waals surface area (Å²) in [4.78, 5) is 61.2. The van der Waals surface area contributed by atoms with Gasteiger partial charge in [-0.05, 0) is 66.2 Å². The first-order valence-corrected chi connectivity index (χ1v) is 14.6. The monoisotopic (exact) mass is 596 g/mol. The van der Waals surface area contributed by atoms with Crippen LogP contribution in [0.3, 0.4) is 0 Å². The lowest BCUT2D eigenvalue weighted by Crippen LogP contribution is -2.52. The fraction of sp³-hybridized carbons (Fsp3) is 0.0811. The number of benzene rings is 5. The van der Waals surface area contributed by atoms with E-state index < -0.39 is 41.1 Å². The number of anilines is 4. The predicted octanol–water partition coefficient (Wildman–Crippen LogP) is 7.78. The molecule has 3 atom stereocenters. The van der Waals surface area contributed by atoms with E-state index in [1.807, 2.05) is 36.4 Å². The lowest BCUT2D eigenvalue weighted by atomic mass is 9.68. The van der Waals surface area contributed by atoms with Gasteiger partial charge in [0.15, 0.2) is 11.6 Å². The Hall–Kier alpha value is -5.33. The van der Waals surface area contributed by atoms with E-state index in [0.717, 1.165) is 0 Å². The molecule has 0 aromatic heterocycles. The Balaban J connectivity index is 1.46. The number of halogens is 1. The molecule has 0 bridgehead atoms. The van der Waals surface area contributed by atoms with Gasteiger partial charge in [-0.1, -0.05) is 84.4 Å². The van der Waals surface area contributed by atoms with Crippen molar-refractivity contribution >= 4 is 57.7 Å². The van der Waals surface area contributed by atoms with E-state index in [-0.39, 0.29) is 0 Å². The van der Waals surface area contributed by atoms with Gasteiger partial charge in [0.2, 0.25) is 11.8 Å². The molecule has 7 rings (SSSR count). The van der Waals surface area contributed by atoms with E-state index in [1.165, 1.54) is 9.80 Å². The third kappa shape index (κ3) is 4.43. The van der Waals surface area contributed by atoms with E-state index in [1.54, 1.807) is 97.1 Å². The molecule has 0 spiro atoms. The zero-order valence-electron chi connectivity index (χ0n) is 23.3. The second-order valence-corrected chi connectivity index (χ2v) is 11.3. The van der Waals surface area contributed by atoms with Gasteiger partial charge in [-0.2, -0.15) is 0 Å². The van der Waals surface area contributed by atoms with Crippen LogP contribution in [0.15, 0.2) is 133 Å². The van der Waals surface area contributed by atoms with Crippen LogP contribution in [0.2, 0.25) is 5.02 Å². The normalized spacial score (nSPS) is 18.6. The number of rotatable bonds is 5. The van der Waals surface area contributed by atoms with Crippen LogP contribution in [0.1, 0.15) is 32.2 Å². The summed E-state index contributed by atoms with van der Waals surface area (Å²) >= 11 is 6.26. The van der Waals surface area contributed by atoms with E-state index in [9.17, 15) is 19.2 Å². The van der Waals surface area contributed by atoms with Crippen LogP contribution in [0.5, 0.6) is 0 Å². The van der Waals surface area contributed by atoms with E-state index in [4.69, 9.17) is 11.6 Å². The second kappa shape index (κ2) is 11.1. The largest absolute Gasteiger partial charge is 0.293 e. The van der Waals surface area contributed by atoms with E-state index in [2.05, 4.69) is 0 Å². The van der Waals surface area contributed by atoms with E-state index in [0.29, 0.717) is 44.5 Å². The zero-order chi connectivity index (χ0) is 30.4. The Morgan fingerprint density at radius 3 is 1.30 bits per heavy atom. The van der Waals surface area contributed by atoms with Gasteiger partial charge in [-0.25, -0.2) is 0 Å². The molecule has 1 unspecified atom stereocenters. The molecule has 2 heterocycles. The highest BCUT2D eigenvalue weighted by molar-refractivity contribution is 6.31. The summed E-state index contributed by atoms with van der Waals surface area (Å²) < 4.78 is 0. The molecule has 214 valence electrons. The summed E-state index contributed by atoms with van der Waals surface area (Å²) in [5.74, 6) is -5.76. The molecule has 0 N–H and O–H groups in total. The number of hydrogen-bond acceptors (Lipinski definition) is 4. The molecule has 44 heavy (non-hydrogen) atoms. The predicted molar refractivity (Wildman–Crippen MR) is 170 cm³/mol. The average Bonchev–Trinajstić information content (AvgIpc) is 3.06. The van der Waals surface area contributed by atoms with Crippen molar-refractivity contribution in [2.45, 2.75) is 5.92 Å². The van der Waals surface area contributed by atoms with E-state index >= 15 is 0 Å². The fourth-order valence-electron chi connectivity index (χ4n) is 6.41.